The minimum Gasteiger partial charge on any atom is -0.389 e. The minimum atomic E-state index is -0.699. The highest BCUT2D eigenvalue weighted by molar-refractivity contribution is 7.80. The van der Waals surface area contributed by atoms with E-state index in [1.807, 2.05) is 13.8 Å². The Bertz CT molecular complexity index is 469. The van der Waals surface area contributed by atoms with Gasteiger partial charge in [-0.1, -0.05) is 26.1 Å². The molecule has 1 aromatic rings. The van der Waals surface area contributed by atoms with Gasteiger partial charge in [0, 0.05) is 25.8 Å². The van der Waals surface area contributed by atoms with Crippen molar-refractivity contribution in [3.05, 3.63) is 29.3 Å². The molecule has 1 aromatic carbocycles. The first-order valence-electron chi connectivity index (χ1n) is 6.28. The Morgan fingerprint density at radius 2 is 1.90 bits per heavy atom. The summed E-state index contributed by atoms with van der Waals surface area (Å²) in [5, 5.41) is 2.81. The number of hydrogen-bond donors (Lipinski definition) is 2. The first-order valence-corrected chi connectivity index (χ1v) is 6.69. The molecule has 0 bridgehead atoms. The van der Waals surface area contributed by atoms with Gasteiger partial charge in [0.2, 0.25) is 0 Å². The van der Waals surface area contributed by atoms with Crippen LogP contribution < -0.4 is 11.1 Å². The van der Waals surface area contributed by atoms with E-state index in [-0.39, 0.29) is 21.7 Å². The van der Waals surface area contributed by atoms with E-state index in [0.29, 0.717) is 13.2 Å². The van der Waals surface area contributed by atoms with Crippen LogP contribution in [-0.2, 0) is 4.74 Å². The molecule has 0 heterocycles. The van der Waals surface area contributed by atoms with Crippen LogP contribution in [0.1, 0.15) is 25.8 Å². The molecule has 112 valence electrons. The van der Waals surface area contributed by atoms with E-state index < -0.39 is 11.6 Å². The predicted molar refractivity (Wildman–Crippen MR) is 81.0 cm³/mol. The van der Waals surface area contributed by atoms with E-state index in [2.05, 4.69) is 5.32 Å². The lowest BCUT2D eigenvalue weighted by molar-refractivity contribution is 0.157. The first-order chi connectivity index (χ1) is 9.26. The maximum Gasteiger partial charge on any atom is 0.150 e. The average Bonchev–Trinajstić information content (AvgIpc) is 2.35. The number of ether oxygens (including phenoxy) is 1. The van der Waals surface area contributed by atoms with E-state index in [1.54, 1.807) is 7.11 Å². The number of nitrogens with one attached hydrogen (secondary N) is 1. The Morgan fingerprint density at radius 3 is 2.35 bits per heavy atom. The maximum absolute atomic E-state index is 13.9. The number of hydrogen-bond acceptors (Lipinski definition) is 3. The van der Waals surface area contributed by atoms with Crippen molar-refractivity contribution in [3.63, 3.8) is 0 Å². The van der Waals surface area contributed by atoms with Gasteiger partial charge in [-0.15, -0.1) is 0 Å². The normalized spacial score (nSPS) is 11.4. The number of methoxy groups -OCH3 is 1. The van der Waals surface area contributed by atoms with Crippen molar-refractivity contribution in [1.82, 2.24) is 0 Å². The summed E-state index contributed by atoms with van der Waals surface area (Å²) in [6.45, 7) is 5.02. The lowest BCUT2D eigenvalue weighted by Crippen LogP contribution is -2.25. The van der Waals surface area contributed by atoms with Crippen molar-refractivity contribution < 1.29 is 13.5 Å². The molecule has 20 heavy (non-hydrogen) atoms. The molecule has 1 rings (SSSR count). The van der Waals surface area contributed by atoms with Gasteiger partial charge in [0.15, 0.2) is 0 Å². The van der Waals surface area contributed by atoms with Gasteiger partial charge in [0.25, 0.3) is 0 Å². The van der Waals surface area contributed by atoms with Gasteiger partial charge in [-0.2, -0.15) is 0 Å². The summed E-state index contributed by atoms with van der Waals surface area (Å²) in [6.07, 6.45) is 0.782. The van der Waals surface area contributed by atoms with E-state index in [4.69, 9.17) is 22.7 Å². The highest BCUT2D eigenvalue weighted by Gasteiger charge is 2.20. The zero-order valence-electron chi connectivity index (χ0n) is 11.9. The summed E-state index contributed by atoms with van der Waals surface area (Å²) in [5.74, 6) is -1.40. The number of nitrogens with two attached hydrogens (primary N) is 1. The molecule has 0 atom stereocenters. The van der Waals surface area contributed by atoms with Gasteiger partial charge in [-0.25, -0.2) is 8.78 Å². The van der Waals surface area contributed by atoms with Gasteiger partial charge in [0.1, 0.15) is 22.3 Å². The third kappa shape index (κ3) is 4.68. The standard InChI is InChI=1S/C14H20F2N2OS/c1-14(2,4-5-19-3)8-18-12-10(15)6-9(13(17)20)7-11(12)16/h6-7,18H,4-5,8H2,1-3H3,(H2,17,20). The number of halogens is 2. The molecule has 6 heteroatoms. The molecule has 0 aliphatic heterocycles. The summed E-state index contributed by atoms with van der Waals surface area (Å²) in [7, 11) is 1.62. The molecular formula is C14H20F2N2OS. The second-order valence-corrected chi connectivity index (χ2v) is 5.88. The van der Waals surface area contributed by atoms with Gasteiger partial charge in [-0.05, 0) is 24.0 Å². The molecule has 0 fully saturated rings. The predicted octanol–water partition coefficient (Wildman–Crippen LogP) is 3.07. The molecule has 0 saturated carbocycles. The molecule has 0 aliphatic rings. The van der Waals surface area contributed by atoms with Crippen molar-refractivity contribution in [2.24, 2.45) is 11.1 Å². The summed E-state index contributed by atoms with van der Waals surface area (Å²) in [6, 6.07) is 2.27. The van der Waals surface area contributed by atoms with Crippen molar-refractivity contribution in [3.8, 4) is 0 Å². The molecule has 0 radical (unpaired) electrons. The Morgan fingerprint density at radius 1 is 1.35 bits per heavy atom. The van der Waals surface area contributed by atoms with Crippen molar-refractivity contribution in [2.45, 2.75) is 20.3 Å². The number of thiocarbonyl (C=S) groups is 1. The summed E-state index contributed by atoms with van der Waals surface area (Å²) in [4.78, 5) is -0.0326. The molecule has 0 unspecified atom stereocenters. The second kappa shape index (κ2) is 6.95. The Labute approximate surface area is 123 Å². The summed E-state index contributed by atoms with van der Waals surface area (Å²) < 4.78 is 32.7. The van der Waals surface area contributed by atoms with Crippen molar-refractivity contribution >= 4 is 22.9 Å². The zero-order valence-corrected chi connectivity index (χ0v) is 12.7. The first kappa shape index (κ1) is 16.8. The van der Waals surface area contributed by atoms with Crippen LogP contribution in [0.4, 0.5) is 14.5 Å². The fourth-order valence-corrected chi connectivity index (χ4v) is 1.80. The molecule has 0 aliphatic carbocycles. The largest absolute Gasteiger partial charge is 0.389 e. The van der Waals surface area contributed by atoms with Crippen LogP contribution in [0.3, 0.4) is 0 Å². The molecule has 3 N–H and O–H groups in total. The van der Waals surface area contributed by atoms with E-state index in [1.165, 1.54) is 0 Å². The molecule has 0 saturated heterocycles. The Hall–Kier alpha value is -1.27. The Balaban J connectivity index is 2.81. The van der Waals surface area contributed by atoms with Crippen LogP contribution in [0.2, 0.25) is 0 Å². The van der Waals surface area contributed by atoms with Gasteiger partial charge >= 0.3 is 0 Å². The molecule has 3 nitrogen and oxygen atoms in total. The minimum absolute atomic E-state index is 0.0326. The monoisotopic (exact) mass is 302 g/mol. The smallest absolute Gasteiger partial charge is 0.150 e. The lowest BCUT2D eigenvalue weighted by atomic mass is 9.89. The SMILES string of the molecule is COCCC(C)(C)CNc1c(F)cc(C(N)=S)cc1F. The number of benzene rings is 1. The van der Waals surface area contributed by atoms with Crippen LogP contribution in [0.5, 0.6) is 0 Å². The molecule has 0 spiro atoms. The van der Waals surface area contributed by atoms with Gasteiger partial charge in [0.05, 0.1) is 0 Å². The third-order valence-corrected chi connectivity index (χ3v) is 3.29. The fourth-order valence-electron chi connectivity index (χ4n) is 1.68. The van der Waals surface area contributed by atoms with E-state index in [0.717, 1.165) is 18.6 Å². The zero-order chi connectivity index (χ0) is 15.3. The quantitative estimate of drug-likeness (QED) is 0.760. The topological polar surface area (TPSA) is 47.3 Å². The number of anilines is 1. The maximum atomic E-state index is 13.9. The van der Waals surface area contributed by atoms with E-state index in [9.17, 15) is 8.78 Å². The van der Waals surface area contributed by atoms with Gasteiger partial charge < -0.3 is 15.8 Å². The van der Waals surface area contributed by atoms with Crippen molar-refractivity contribution in [1.29, 1.82) is 0 Å². The highest BCUT2D eigenvalue weighted by atomic mass is 32.1. The average molecular weight is 302 g/mol. The van der Waals surface area contributed by atoms with Crippen LogP contribution in [0.15, 0.2) is 12.1 Å². The summed E-state index contributed by atoms with van der Waals surface area (Å²) >= 11 is 4.71. The lowest BCUT2D eigenvalue weighted by Gasteiger charge is -2.25. The fraction of sp³-hybridized carbons (Fsp3) is 0.500. The van der Waals surface area contributed by atoms with Gasteiger partial charge in [-0.3, -0.25) is 0 Å². The second-order valence-electron chi connectivity index (χ2n) is 5.44. The van der Waals surface area contributed by atoms with Crippen LogP contribution in [-0.4, -0.2) is 25.2 Å². The van der Waals surface area contributed by atoms with Crippen LogP contribution in [0.25, 0.3) is 0 Å². The molecule has 0 aromatic heterocycles. The highest BCUT2D eigenvalue weighted by Crippen LogP contribution is 2.25. The Kier molecular flexibility index (Phi) is 5.83. The molecule has 0 amide bonds. The third-order valence-electron chi connectivity index (χ3n) is 3.05. The summed E-state index contributed by atoms with van der Waals surface area (Å²) in [5.41, 5.74) is 5.24. The van der Waals surface area contributed by atoms with E-state index >= 15 is 0 Å². The molecular weight excluding hydrogens is 282 g/mol. The number of rotatable bonds is 7. The van der Waals surface area contributed by atoms with Crippen LogP contribution in [0, 0.1) is 17.0 Å². The van der Waals surface area contributed by atoms with Crippen LogP contribution >= 0.6 is 12.2 Å². The van der Waals surface area contributed by atoms with Crippen molar-refractivity contribution in [2.75, 3.05) is 25.6 Å².